The van der Waals surface area contributed by atoms with E-state index in [1.807, 2.05) is 11.4 Å². The number of thiophene rings is 1. The van der Waals surface area contributed by atoms with Gasteiger partial charge in [-0.2, -0.15) is 4.98 Å². The molecule has 0 radical (unpaired) electrons. The molecule has 1 N–H and O–H groups in total. The Morgan fingerprint density at radius 1 is 1.27 bits per heavy atom. The number of rotatable bonds is 5. The van der Waals surface area contributed by atoms with Crippen molar-refractivity contribution in [2.24, 2.45) is 0 Å². The molecule has 2 heterocycles. The lowest BCUT2D eigenvalue weighted by Gasteiger charge is -2.04. The Kier molecular flexibility index (Phi) is 4.29. The van der Waals surface area contributed by atoms with Crippen LogP contribution in [0.5, 0.6) is 0 Å². The summed E-state index contributed by atoms with van der Waals surface area (Å²) < 4.78 is 5.10. The van der Waals surface area contributed by atoms with Crippen LogP contribution in [-0.4, -0.2) is 22.6 Å². The molecule has 0 spiro atoms. The number of carbonyl (C=O) groups excluding carboxylic acids is 1. The van der Waals surface area contributed by atoms with Crippen LogP contribution in [0.15, 0.2) is 46.3 Å². The summed E-state index contributed by atoms with van der Waals surface area (Å²) >= 11 is 1.70. The molecule has 2 aromatic heterocycles. The van der Waals surface area contributed by atoms with Crippen molar-refractivity contribution in [1.82, 2.24) is 15.5 Å². The van der Waals surface area contributed by atoms with Gasteiger partial charge in [-0.3, -0.25) is 4.79 Å². The molecule has 0 bridgehead atoms. The zero-order chi connectivity index (χ0) is 15.4. The van der Waals surface area contributed by atoms with E-state index in [0.29, 0.717) is 23.8 Å². The highest BCUT2D eigenvalue weighted by molar-refractivity contribution is 7.09. The number of nitrogens with one attached hydrogen (secondary N) is 1. The molecule has 0 atom stereocenters. The predicted molar refractivity (Wildman–Crippen MR) is 84.8 cm³/mol. The average molecular weight is 313 g/mol. The van der Waals surface area contributed by atoms with Crippen molar-refractivity contribution in [3.05, 3.63) is 58.0 Å². The maximum atomic E-state index is 12.1. The molecule has 112 valence electrons. The third kappa shape index (κ3) is 3.40. The minimum atomic E-state index is -0.0789. The van der Waals surface area contributed by atoms with E-state index in [9.17, 15) is 4.79 Å². The first-order chi connectivity index (χ1) is 10.7. The van der Waals surface area contributed by atoms with Crippen LogP contribution in [0.3, 0.4) is 0 Å². The number of hydrogen-bond acceptors (Lipinski definition) is 5. The Balaban J connectivity index is 1.58. The number of aryl methyl sites for hydroxylation is 1. The molecule has 0 fully saturated rings. The third-order valence-electron chi connectivity index (χ3n) is 3.16. The molecule has 0 aliphatic carbocycles. The molecular weight excluding hydrogens is 298 g/mol. The predicted octanol–water partition coefficient (Wildman–Crippen LogP) is 3.08. The van der Waals surface area contributed by atoms with E-state index in [-0.39, 0.29) is 5.91 Å². The summed E-state index contributed by atoms with van der Waals surface area (Å²) in [6.07, 6.45) is 0.850. The van der Waals surface area contributed by atoms with Gasteiger partial charge in [0.05, 0.1) is 0 Å². The fraction of sp³-hybridized carbons (Fsp3) is 0.188. The number of benzene rings is 1. The zero-order valence-corrected chi connectivity index (χ0v) is 12.9. The Hall–Kier alpha value is -2.47. The van der Waals surface area contributed by atoms with Crippen molar-refractivity contribution in [3.8, 4) is 11.5 Å². The second kappa shape index (κ2) is 6.53. The Morgan fingerprint density at radius 3 is 2.73 bits per heavy atom. The van der Waals surface area contributed by atoms with Crippen molar-refractivity contribution < 1.29 is 9.32 Å². The molecular formula is C16H15N3O2S. The SMILES string of the molecule is Cc1noc(-c2ccc(C(=O)NCCc3cccs3)cc2)n1. The van der Waals surface area contributed by atoms with Crippen LogP contribution in [-0.2, 0) is 6.42 Å². The number of hydrogen-bond donors (Lipinski definition) is 1. The van der Waals surface area contributed by atoms with E-state index in [1.54, 1.807) is 42.5 Å². The highest BCUT2D eigenvalue weighted by Gasteiger charge is 2.09. The van der Waals surface area contributed by atoms with Crippen molar-refractivity contribution in [1.29, 1.82) is 0 Å². The number of nitrogens with zero attached hydrogens (tertiary/aromatic N) is 2. The second-order valence-electron chi connectivity index (χ2n) is 4.81. The molecule has 6 heteroatoms. The third-order valence-corrected chi connectivity index (χ3v) is 4.09. The first-order valence-corrected chi connectivity index (χ1v) is 7.81. The highest BCUT2D eigenvalue weighted by Crippen LogP contribution is 2.17. The highest BCUT2D eigenvalue weighted by atomic mass is 32.1. The summed E-state index contributed by atoms with van der Waals surface area (Å²) in [6.45, 7) is 2.40. The smallest absolute Gasteiger partial charge is 0.257 e. The molecule has 3 rings (SSSR count). The fourth-order valence-electron chi connectivity index (χ4n) is 2.03. The molecule has 0 aliphatic heterocycles. The van der Waals surface area contributed by atoms with Gasteiger partial charge in [0.1, 0.15) is 0 Å². The van der Waals surface area contributed by atoms with Gasteiger partial charge < -0.3 is 9.84 Å². The van der Waals surface area contributed by atoms with Gasteiger partial charge >= 0.3 is 0 Å². The van der Waals surface area contributed by atoms with Gasteiger partial charge in [-0.25, -0.2) is 0 Å². The summed E-state index contributed by atoms with van der Waals surface area (Å²) in [4.78, 5) is 17.5. The topological polar surface area (TPSA) is 68.0 Å². The van der Waals surface area contributed by atoms with Gasteiger partial charge in [-0.15, -0.1) is 11.3 Å². The van der Waals surface area contributed by atoms with E-state index < -0.39 is 0 Å². The van der Waals surface area contributed by atoms with E-state index in [1.165, 1.54) is 4.88 Å². The van der Waals surface area contributed by atoms with E-state index in [4.69, 9.17) is 4.52 Å². The van der Waals surface area contributed by atoms with Crippen LogP contribution < -0.4 is 5.32 Å². The normalized spacial score (nSPS) is 10.6. The van der Waals surface area contributed by atoms with Gasteiger partial charge in [-0.05, 0) is 49.1 Å². The Bertz CT molecular complexity index is 748. The van der Waals surface area contributed by atoms with Gasteiger partial charge in [0, 0.05) is 22.5 Å². The van der Waals surface area contributed by atoms with Gasteiger partial charge in [-0.1, -0.05) is 11.2 Å². The van der Waals surface area contributed by atoms with Crippen LogP contribution in [0.4, 0.5) is 0 Å². The fourth-order valence-corrected chi connectivity index (χ4v) is 2.74. The monoisotopic (exact) mass is 313 g/mol. The summed E-state index contributed by atoms with van der Waals surface area (Å²) in [5, 5.41) is 8.70. The quantitative estimate of drug-likeness (QED) is 0.786. The van der Waals surface area contributed by atoms with Crippen molar-refractivity contribution in [3.63, 3.8) is 0 Å². The minimum absolute atomic E-state index is 0.0789. The lowest BCUT2D eigenvalue weighted by Crippen LogP contribution is -2.25. The minimum Gasteiger partial charge on any atom is -0.352 e. The maximum Gasteiger partial charge on any atom is 0.257 e. The molecule has 0 aliphatic rings. The van der Waals surface area contributed by atoms with Crippen molar-refractivity contribution >= 4 is 17.2 Å². The summed E-state index contributed by atoms with van der Waals surface area (Å²) in [7, 11) is 0. The first-order valence-electron chi connectivity index (χ1n) is 6.94. The van der Waals surface area contributed by atoms with Crippen LogP contribution >= 0.6 is 11.3 Å². The molecule has 22 heavy (non-hydrogen) atoms. The average Bonchev–Trinajstić information content (AvgIpc) is 3.19. The summed E-state index contributed by atoms with van der Waals surface area (Å²) in [6, 6.07) is 11.2. The first kappa shape index (κ1) is 14.5. The number of carbonyl (C=O) groups is 1. The maximum absolute atomic E-state index is 12.1. The lowest BCUT2D eigenvalue weighted by atomic mass is 10.1. The summed E-state index contributed by atoms with van der Waals surface area (Å²) in [5.74, 6) is 0.970. The number of amides is 1. The Morgan fingerprint density at radius 2 is 2.09 bits per heavy atom. The van der Waals surface area contributed by atoms with E-state index >= 15 is 0 Å². The van der Waals surface area contributed by atoms with Gasteiger partial charge in [0.2, 0.25) is 0 Å². The summed E-state index contributed by atoms with van der Waals surface area (Å²) in [5.41, 5.74) is 1.42. The largest absolute Gasteiger partial charge is 0.352 e. The van der Waals surface area contributed by atoms with Crippen LogP contribution in [0.2, 0.25) is 0 Å². The molecule has 5 nitrogen and oxygen atoms in total. The molecule has 0 saturated heterocycles. The van der Waals surface area contributed by atoms with Crippen molar-refractivity contribution in [2.45, 2.75) is 13.3 Å². The van der Waals surface area contributed by atoms with Crippen LogP contribution in [0.25, 0.3) is 11.5 Å². The van der Waals surface area contributed by atoms with Gasteiger partial charge in [0.25, 0.3) is 11.8 Å². The standard InChI is InChI=1S/C16H15N3O2S/c1-11-18-16(21-19-11)13-6-4-12(5-7-13)15(20)17-9-8-14-3-2-10-22-14/h2-7,10H,8-9H2,1H3,(H,17,20). The number of aromatic nitrogens is 2. The van der Waals surface area contributed by atoms with Crippen LogP contribution in [0, 0.1) is 6.92 Å². The van der Waals surface area contributed by atoms with E-state index in [2.05, 4.69) is 21.5 Å². The van der Waals surface area contributed by atoms with Gasteiger partial charge in [0.15, 0.2) is 5.82 Å². The lowest BCUT2D eigenvalue weighted by molar-refractivity contribution is 0.0954. The Labute approximate surface area is 132 Å². The second-order valence-corrected chi connectivity index (χ2v) is 5.84. The molecule has 1 amide bonds. The molecule has 3 aromatic rings. The molecule has 0 saturated carbocycles. The van der Waals surface area contributed by atoms with E-state index in [0.717, 1.165) is 12.0 Å². The molecule has 1 aromatic carbocycles. The van der Waals surface area contributed by atoms with Crippen LogP contribution in [0.1, 0.15) is 21.1 Å². The van der Waals surface area contributed by atoms with Crippen molar-refractivity contribution in [2.75, 3.05) is 6.54 Å². The molecule has 0 unspecified atom stereocenters. The zero-order valence-electron chi connectivity index (χ0n) is 12.1.